The first-order chi connectivity index (χ1) is 14.0. The van der Waals surface area contributed by atoms with E-state index >= 15 is 0 Å². The van der Waals surface area contributed by atoms with E-state index in [2.05, 4.69) is 0 Å². The Bertz CT molecular complexity index is 816. The minimum absolute atomic E-state index is 0.00655. The predicted molar refractivity (Wildman–Crippen MR) is 115 cm³/mol. The summed E-state index contributed by atoms with van der Waals surface area (Å²) in [4.78, 5) is 28.7. The molecule has 0 aromatic heterocycles. The summed E-state index contributed by atoms with van der Waals surface area (Å²) in [6, 6.07) is 14.2. The number of hydrogen-bond donors (Lipinski definition) is 0. The SMILES string of the molecule is CCOC(=O)C(C)N(c1ccc(C(=O)N(CC)CC)cc1)c1cccc(OC)c1. The molecule has 0 saturated carbocycles. The van der Waals surface area contributed by atoms with Gasteiger partial charge in [-0.2, -0.15) is 0 Å². The number of carbonyl (C=O) groups is 2. The minimum atomic E-state index is -0.550. The van der Waals surface area contributed by atoms with Gasteiger partial charge in [-0.25, -0.2) is 4.79 Å². The van der Waals surface area contributed by atoms with Crippen LogP contribution in [0.25, 0.3) is 0 Å². The fraction of sp³-hybridized carbons (Fsp3) is 0.391. The van der Waals surface area contributed by atoms with Crippen molar-refractivity contribution in [1.82, 2.24) is 4.90 Å². The molecule has 0 bridgehead atoms. The van der Waals surface area contributed by atoms with Gasteiger partial charge in [-0.05, 0) is 64.1 Å². The van der Waals surface area contributed by atoms with Crippen molar-refractivity contribution in [3.63, 3.8) is 0 Å². The predicted octanol–water partition coefficient (Wildman–Crippen LogP) is 4.27. The lowest BCUT2D eigenvalue weighted by molar-refractivity contribution is -0.144. The van der Waals surface area contributed by atoms with Crippen molar-refractivity contribution in [3.05, 3.63) is 54.1 Å². The molecule has 2 aromatic carbocycles. The lowest BCUT2D eigenvalue weighted by Gasteiger charge is -2.30. The Kier molecular flexibility index (Phi) is 8.07. The molecule has 1 unspecified atom stereocenters. The number of esters is 1. The monoisotopic (exact) mass is 398 g/mol. The Morgan fingerprint density at radius 3 is 2.17 bits per heavy atom. The van der Waals surface area contributed by atoms with Gasteiger partial charge in [-0.3, -0.25) is 4.79 Å². The number of nitrogens with zero attached hydrogens (tertiary/aromatic N) is 2. The van der Waals surface area contributed by atoms with E-state index in [9.17, 15) is 9.59 Å². The van der Waals surface area contributed by atoms with Crippen LogP contribution < -0.4 is 9.64 Å². The van der Waals surface area contributed by atoms with E-state index in [4.69, 9.17) is 9.47 Å². The maximum Gasteiger partial charge on any atom is 0.328 e. The highest BCUT2D eigenvalue weighted by atomic mass is 16.5. The van der Waals surface area contributed by atoms with Gasteiger partial charge in [0.2, 0.25) is 0 Å². The summed E-state index contributed by atoms with van der Waals surface area (Å²) >= 11 is 0. The number of hydrogen-bond acceptors (Lipinski definition) is 5. The van der Waals surface area contributed by atoms with Gasteiger partial charge in [0.15, 0.2) is 0 Å². The molecule has 1 amide bonds. The fourth-order valence-electron chi connectivity index (χ4n) is 3.18. The smallest absolute Gasteiger partial charge is 0.328 e. The van der Waals surface area contributed by atoms with Crippen LogP contribution in [0.1, 0.15) is 38.1 Å². The second-order valence-corrected chi connectivity index (χ2v) is 6.52. The molecule has 156 valence electrons. The first-order valence-electron chi connectivity index (χ1n) is 9.95. The zero-order chi connectivity index (χ0) is 21.4. The van der Waals surface area contributed by atoms with E-state index in [0.717, 1.165) is 11.4 Å². The van der Waals surface area contributed by atoms with Crippen molar-refractivity contribution >= 4 is 23.3 Å². The van der Waals surface area contributed by atoms with Gasteiger partial charge >= 0.3 is 5.97 Å². The third-order valence-corrected chi connectivity index (χ3v) is 4.79. The Morgan fingerprint density at radius 2 is 1.62 bits per heavy atom. The van der Waals surface area contributed by atoms with Crippen molar-refractivity contribution < 1.29 is 19.1 Å². The average molecular weight is 399 g/mol. The molecule has 0 N–H and O–H groups in total. The molecule has 2 aromatic rings. The van der Waals surface area contributed by atoms with Gasteiger partial charge in [0.25, 0.3) is 5.91 Å². The van der Waals surface area contributed by atoms with E-state index in [1.54, 1.807) is 38.0 Å². The largest absolute Gasteiger partial charge is 0.497 e. The summed E-state index contributed by atoms with van der Waals surface area (Å²) in [5.74, 6) is 0.364. The topological polar surface area (TPSA) is 59.1 Å². The third kappa shape index (κ3) is 5.28. The highest BCUT2D eigenvalue weighted by Crippen LogP contribution is 2.31. The molecule has 6 nitrogen and oxygen atoms in total. The van der Waals surface area contributed by atoms with Gasteiger partial charge in [0.1, 0.15) is 11.8 Å². The molecule has 0 spiro atoms. The zero-order valence-electron chi connectivity index (χ0n) is 17.8. The molecule has 29 heavy (non-hydrogen) atoms. The quantitative estimate of drug-likeness (QED) is 0.591. The number of carbonyl (C=O) groups excluding carboxylic acids is 2. The number of ether oxygens (including phenoxy) is 2. The molecular formula is C23H30N2O4. The number of benzene rings is 2. The van der Waals surface area contributed by atoms with Crippen molar-refractivity contribution in [2.75, 3.05) is 31.7 Å². The Hall–Kier alpha value is -3.02. The van der Waals surface area contributed by atoms with Crippen molar-refractivity contribution in [2.45, 2.75) is 33.7 Å². The molecule has 0 heterocycles. The minimum Gasteiger partial charge on any atom is -0.497 e. The molecule has 0 fully saturated rings. The van der Waals surface area contributed by atoms with Gasteiger partial charge in [-0.15, -0.1) is 0 Å². The van der Waals surface area contributed by atoms with Crippen LogP contribution in [-0.2, 0) is 9.53 Å². The molecule has 0 aliphatic heterocycles. The van der Waals surface area contributed by atoms with E-state index in [0.29, 0.717) is 31.0 Å². The van der Waals surface area contributed by atoms with E-state index < -0.39 is 6.04 Å². The summed E-state index contributed by atoms with van der Waals surface area (Å²) in [5.41, 5.74) is 2.20. The Labute approximate surface area is 173 Å². The normalized spacial score (nSPS) is 11.5. The first kappa shape index (κ1) is 22.3. The van der Waals surface area contributed by atoms with Crippen LogP contribution in [-0.4, -0.2) is 49.6 Å². The van der Waals surface area contributed by atoms with Gasteiger partial charge in [0, 0.05) is 36.1 Å². The number of amides is 1. The number of methoxy groups -OCH3 is 1. The van der Waals surface area contributed by atoms with Crippen molar-refractivity contribution in [2.24, 2.45) is 0 Å². The lowest BCUT2D eigenvalue weighted by atomic mass is 10.1. The molecule has 0 aliphatic rings. The van der Waals surface area contributed by atoms with Crippen molar-refractivity contribution in [3.8, 4) is 5.75 Å². The van der Waals surface area contributed by atoms with Crippen LogP contribution in [0.15, 0.2) is 48.5 Å². The standard InChI is InChI=1S/C23H30N2O4/c1-6-24(7-2)22(26)18-12-14-19(15-13-18)25(17(4)23(27)29-8-3)20-10-9-11-21(16-20)28-5/h9-17H,6-8H2,1-5H3. The molecule has 1 atom stereocenters. The first-order valence-corrected chi connectivity index (χ1v) is 9.95. The van der Waals surface area contributed by atoms with Crippen LogP contribution >= 0.6 is 0 Å². The van der Waals surface area contributed by atoms with Crippen LogP contribution in [0, 0.1) is 0 Å². The van der Waals surface area contributed by atoms with Gasteiger partial charge in [0.05, 0.1) is 13.7 Å². The maximum atomic E-state index is 12.6. The van der Waals surface area contributed by atoms with Crippen LogP contribution in [0.3, 0.4) is 0 Å². The molecule has 2 rings (SSSR count). The van der Waals surface area contributed by atoms with E-state index in [1.807, 2.05) is 55.1 Å². The van der Waals surface area contributed by atoms with E-state index in [1.165, 1.54) is 0 Å². The van der Waals surface area contributed by atoms with Gasteiger partial charge < -0.3 is 19.3 Å². The molecule has 6 heteroatoms. The molecule has 0 radical (unpaired) electrons. The lowest BCUT2D eigenvalue weighted by Crippen LogP contribution is -2.37. The second kappa shape index (κ2) is 10.5. The number of rotatable bonds is 9. The second-order valence-electron chi connectivity index (χ2n) is 6.52. The van der Waals surface area contributed by atoms with Crippen LogP contribution in [0.5, 0.6) is 5.75 Å². The number of anilines is 2. The highest BCUT2D eigenvalue weighted by Gasteiger charge is 2.25. The Balaban J connectivity index is 2.43. The van der Waals surface area contributed by atoms with E-state index in [-0.39, 0.29) is 11.9 Å². The summed E-state index contributed by atoms with van der Waals surface area (Å²) < 4.78 is 10.6. The summed E-state index contributed by atoms with van der Waals surface area (Å²) in [6.07, 6.45) is 0. The maximum absolute atomic E-state index is 12.6. The summed E-state index contributed by atoms with van der Waals surface area (Å²) in [5, 5.41) is 0. The average Bonchev–Trinajstić information content (AvgIpc) is 2.75. The van der Waals surface area contributed by atoms with Gasteiger partial charge in [-0.1, -0.05) is 6.07 Å². The molecule has 0 aliphatic carbocycles. The van der Waals surface area contributed by atoms with Crippen molar-refractivity contribution in [1.29, 1.82) is 0 Å². The summed E-state index contributed by atoms with van der Waals surface area (Å²) in [7, 11) is 1.60. The Morgan fingerprint density at radius 1 is 0.966 bits per heavy atom. The van der Waals surface area contributed by atoms with Crippen LogP contribution in [0.4, 0.5) is 11.4 Å². The fourth-order valence-corrected chi connectivity index (χ4v) is 3.18. The zero-order valence-corrected chi connectivity index (χ0v) is 17.8. The summed E-state index contributed by atoms with van der Waals surface area (Å²) in [6.45, 7) is 9.13. The molecule has 0 saturated heterocycles. The third-order valence-electron chi connectivity index (χ3n) is 4.79. The van der Waals surface area contributed by atoms with Crippen LogP contribution in [0.2, 0.25) is 0 Å². The molecular weight excluding hydrogens is 368 g/mol. The highest BCUT2D eigenvalue weighted by molar-refractivity contribution is 5.95.